The average molecular weight is 238 g/mol. The van der Waals surface area contributed by atoms with E-state index in [0.717, 1.165) is 29.0 Å². The molecular formula is C12H18N2OS. The van der Waals surface area contributed by atoms with Gasteiger partial charge in [-0.15, -0.1) is 0 Å². The highest BCUT2D eigenvalue weighted by Crippen LogP contribution is 2.29. The monoisotopic (exact) mass is 238 g/mol. The number of hydrogen-bond donors (Lipinski definition) is 1. The molecule has 1 aliphatic heterocycles. The maximum atomic E-state index is 12.1. The summed E-state index contributed by atoms with van der Waals surface area (Å²) in [6.07, 6.45) is 3.55. The minimum atomic E-state index is -2.56. The van der Waals surface area contributed by atoms with Crippen LogP contribution < -0.4 is 0 Å². The lowest BCUT2D eigenvalue weighted by Gasteiger charge is -2.23. The molecule has 3 nitrogen and oxygen atoms in total. The summed E-state index contributed by atoms with van der Waals surface area (Å²) in [5.74, 6) is 0.494. The first-order valence-corrected chi connectivity index (χ1v) is 7.29. The number of aromatic nitrogens is 1. The molecule has 0 amide bonds. The zero-order valence-corrected chi connectivity index (χ0v) is 10.9. The Balaban J connectivity index is 2.61. The summed E-state index contributed by atoms with van der Waals surface area (Å²) in [6.45, 7) is 6.24. The van der Waals surface area contributed by atoms with Crippen LogP contribution in [0.25, 0.3) is 0 Å². The summed E-state index contributed by atoms with van der Waals surface area (Å²) in [7, 11) is -2.56. The van der Waals surface area contributed by atoms with Gasteiger partial charge in [0.25, 0.3) is 0 Å². The van der Waals surface area contributed by atoms with Crippen molar-refractivity contribution in [3.8, 4) is 0 Å². The first-order valence-electron chi connectivity index (χ1n) is 5.56. The molecule has 0 saturated carbocycles. The van der Waals surface area contributed by atoms with Gasteiger partial charge in [0.05, 0.1) is 14.6 Å². The summed E-state index contributed by atoms with van der Waals surface area (Å²) in [5.41, 5.74) is 1.87. The van der Waals surface area contributed by atoms with Crippen molar-refractivity contribution in [1.29, 1.82) is 4.78 Å². The Kier molecular flexibility index (Phi) is 2.57. The highest BCUT2D eigenvalue weighted by Gasteiger charge is 2.24. The van der Waals surface area contributed by atoms with E-state index in [9.17, 15) is 4.21 Å². The van der Waals surface area contributed by atoms with Crippen LogP contribution in [0.5, 0.6) is 0 Å². The highest BCUT2D eigenvalue weighted by atomic mass is 32.2. The molecule has 0 spiro atoms. The summed E-state index contributed by atoms with van der Waals surface area (Å²) in [5, 5.41) is 0. The summed E-state index contributed by atoms with van der Waals surface area (Å²) < 4.78 is 20.1. The maximum absolute atomic E-state index is 12.1. The molecule has 0 unspecified atom stereocenters. The molecule has 0 aromatic carbocycles. The molecule has 4 heteroatoms. The van der Waals surface area contributed by atoms with Gasteiger partial charge in [0.1, 0.15) is 0 Å². The van der Waals surface area contributed by atoms with Crippen molar-refractivity contribution in [1.82, 2.24) is 4.98 Å². The molecular weight excluding hydrogens is 220 g/mol. The second-order valence-electron chi connectivity index (χ2n) is 5.41. The van der Waals surface area contributed by atoms with Crippen molar-refractivity contribution in [2.45, 2.75) is 43.9 Å². The van der Waals surface area contributed by atoms with E-state index < -0.39 is 9.73 Å². The molecule has 2 rings (SSSR count). The molecule has 1 N–H and O–H groups in total. The molecule has 0 saturated heterocycles. The fourth-order valence-electron chi connectivity index (χ4n) is 1.95. The minimum absolute atomic E-state index is 0.0536. The van der Waals surface area contributed by atoms with Crippen molar-refractivity contribution in [2.75, 3.05) is 5.75 Å². The van der Waals surface area contributed by atoms with E-state index in [-0.39, 0.29) is 5.41 Å². The SMILES string of the molecule is CC(C)(C)c1cc2c(cn1)CCC[S@]2(=N)=O. The Morgan fingerprint density at radius 1 is 1.44 bits per heavy atom. The second kappa shape index (κ2) is 3.55. The van der Waals surface area contributed by atoms with Gasteiger partial charge in [0.15, 0.2) is 0 Å². The van der Waals surface area contributed by atoms with E-state index >= 15 is 0 Å². The normalized spacial score (nSPS) is 25.2. The molecule has 2 heterocycles. The number of nitrogens with zero attached hydrogens (tertiary/aromatic N) is 1. The lowest BCUT2D eigenvalue weighted by molar-refractivity contribution is 0.564. The Morgan fingerprint density at radius 3 is 2.75 bits per heavy atom. The first-order chi connectivity index (χ1) is 7.31. The van der Waals surface area contributed by atoms with E-state index in [4.69, 9.17) is 4.78 Å². The Labute approximate surface area is 97.3 Å². The van der Waals surface area contributed by atoms with E-state index in [1.807, 2.05) is 12.3 Å². The average Bonchev–Trinajstić information content (AvgIpc) is 2.15. The van der Waals surface area contributed by atoms with Crippen molar-refractivity contribution >= 4 is 9.73 Å². The number of hydrogen-bond acceptors (Lipinski definition) is 3. The van der Waals surface area contributed by atoms with Gasteiger partial charge in [0.2, 0.25) is 0 Å². The largest absolute Gasteiger partial charge is 0.260 e. The molecule has 88 valence electrons. The maximum Gasteiger partial charge on any atom is 0.0730 e. The van der Waals surface area contributed by atoms with Gasteiger partial charge in [-0.25, -0.2) is 8.99 Å². The number of rotatable bonds is 0. The fraction of sp³-hybridized carbons (Fsp3) is 0.583. The second-order valence-corrected chi connectivity index (χ2v) is 7.61. The number of pyridine rings is 1. The molecule has 0 aliphatic carbocycles. The van der Waals surface area contributed by atoms with Gasteiger partial charge >= 0.3 is 0 Å². The molecule has 1 aromatic rings. The predicted octanol–water partition coefficient (Wildman–Crippen LogP) is 2.73. The van der Waals surface area contributed by atoms with E-state index in [0.29, 0.717) is 5.75 Å². The van der Waals surface area contributed by atoms with Gasteiger partial charge in [-0.1, -0.05) is 20.8 Å². The zero-order chi connectivity index (χ0) is 12.0. The van der Waals surface area contributed by atoms with Crippen LogP contribution >= 0.6 is 0 Å². The third-order valence-electron chi connectivity index (χ3n) is 2.95. The number of aryl methyl sites for hydroxylation is 1. The topological polar surface area (TPSA) is 53.8 Å². The molecule has 0 bridgehead atoms. The van der Waals surface area contributed by atoms with Gasteiger partial charge < -0.3 is 0 Å². The lowest BCUT2D eigenvalue weighted by atomic mass is 9.91. The van der Waals surface area contributed by atoms with Gasteiger partial charge in [0, 0.05) is 23.1 Å². The summed E-state index contributed by atoms with van der Waals surface area (Å²) in [4.78, 5) is 5.14. The molecule has 16 heavy (non-hydrogen) atoms. The highest BCUT2D eigenvalue weighted by molar-refractivity contribution is 7.92. The van der Waals surface area contributed by atoms with Crippen LogP contribution in [-0.2, 0) is 21.6 Å². The van der Waals surface area contributed by atoms with Crippen LogP contribution in [0.4, 0.5) is 0 Å². The van der Waals surface area contributed by atoms with E-state index in [1.165, 1.54) is 0 Å². The first kappa shape index (κ1) is 11.6. The Morgan fingerprint density at radius 2 is 2.12 bits per heavy atom. The third kappa shape index (κ3) is 1.98. The lowest BCUT2D eigenvalue weighted by Crippen LogP contribution is -2.19. The number of fused-ring (bicyclic) bond motifs is 1. The van der Waals surface area contributed by atoms with Crippen LogP contribution in [0.15, 0.2) is 17.2 Å². The predicted molar refractivity (Wildman–Crippen MR) is 65.3 cm³/mol. The van der Waals surface area contributed by atoms with Crippen LogP contribution in [0.2, 0.25) is 0 Å². The van der Waals surface area contributed by atoms with Crippen molar-refractivity contribution in [3.63, 3.8) is 0 Å². The molecule has 0 fully saturated rings. The van der Waals surface area contributed by atoms with E-state index in [2.05, 4.69) is 25.8 Å². The van der Waals surface area contributed by atoms with Gasteiger partial charge in [-0.3, -0.25) is 4.98 Å². The molecule has 1 aromatic heterocycles. The van der Waals surface area contributed by atoms with Crippen molar-refractivity contribution in [3.05, 3.63) is 23.5 Å². The van der Waals surface area contributed by atoms with Crippen molar-refractivity contribution < 1.29 is 4.21 Å². The Bertz CT molecular complexity index is 512. The zero-order valence-electron chi connectivity index (χ0n) is 10.0. The van der Waals surface area contributed by atoms with Gasteiger partial charge in [-0.05, 0) is 24.5 Å². The van der Waals surface area contributed by atoms with Crippen LogP contribution in [-0.4, -0.2) is 14.9 Å². The van der Waals surface area contributed by atoms with Crippen molar-refractivity contribution in [2.24, 2.45) is 0 Å². The number of nitrogens with one attached hydrogen (secondary N) is 1. The summed E-state index contributed by atoms with van der Waals surface area (Å²) >= 11 is 0. The van der Waals surface area contributed by atoms with Gasteiger partial charge in [-0.2, -0.15) is 0 Å². The van der Waals surface area contributed by atoms with E-state index in [1.54, 1.807) is 0 Å². The Hall–Kier alpha value is -0.900. The fourth-order valence-corrected chi connectivity index (χ4v) is 3.60. The standard InChI is InChI=1S/C12H18N2OS/c1-12(2,3)11-7-10-9(8-14-11)5-4-6-16(10,13)15/h7-8,13H,4-6H2,1-3H3/t16-/m0/s1. The summed E-state index contributed by atoms with van der Waals surface area (Å²) in [6, 6.07) is 1.88. The minimum Gasteiger partial charge on any atom is -0.260 e. The third-order valence-corrected chi connectivity index (χ3v) is 4.90. The molecule has 1 atom stereocenters. The molecule has 0 radical (unpaired) electrons. The van der Waals surface area contributed by atoms with Crippen LogP contribution in [0, 0.1) is 4.78 Å². The molecule has 1 aliphatic rings. The van der Waals surface area contributed by atoms with Crippen LogP contribution in [0.3, 0.4) is 0 Å². The smallest absolute Gasteiger partial charge is 0.0730 e. The van der Waals surface area contributed by atoms with Crippen LogP contribution in [0.1, 0.15) is 38.4 Å². The quantitative estimate of drug-likeness (QED) is 0.755.